The van der Waals surface area contributed by atoms with Crippen LogP contribution >= 0.6 is 15.9 Å². The van der Waals surface area contributed by atoms with Gasteiger partial charge in [-0.3, -0.25) is 10.1 Å². The van der Waals surface area contributed by atoms with Crippen molar-refractivity contribution in [2.24, 2.45) is 0 Å². The van der Waals surface area contributed by atoms with Crippen molar-refractivity contribution in [2.75, 3.05) is 7.11 Å². The molecule has 13 heavy (non-hydrogen) atoms. The van der Waals surface area contributed by atoms with Crippen LogP contribution in [0.4, 0.5) is 5.69 Å². The second kappa shape index (κ2) is 4.34. The van der Waals surface area contributed by atoms with Crippen molar-refractivity contribution in [1.82, 2.24) is 0 Å². The van der Waals surface area contributed by atoms with Gasteiger partial charge in [-0.05, 0) is 12.1 Å². The van der Waals surface area contributed by atoms with Gasteiger partial charge in [-0.1, -0.05) is 15.9 Å². The van der Waals surface area contributed by atoms with E-state index in [0.717, 1.165) is 4.47 Å². The molecule has 0 bridgehead atoms. The van der Waals surface area contributed by atoms with Crippen LogP contribution in [0.15, 0.2) is 22.7 Å². The highest BCUT2D eigenvalue weighted by Crippen LogP contribution is 2.23. The van der Waals surface area contributed by atoms with E-state index in [1.807, 2.05) is 0 Å². The molecule has 0 amide bonds. The van der Waals surface area contributed by atoms with Gasteiger partial charge in [0.05, 0.1) is 17.1 Å². The van der Waals surface area contributed by atoms with Gasteiger partial charge in [0.2, 0.25) is 0 Å². The summed E-state index contributed by atoms with van der Waals surface area (Å²) in [6.07, 6.45) is 0. The van der Waals surface area contributed by atoms with Crippen molar-refractivity contribution in [2.45, 2.75) is 6.61 Å². The van der Waals surface area contributed by atoms with Crippen LogP contribution in [0.3, 0.4) is 0 Å². The summed E-state index contributed by atoms with van der Waals surface area (Å²) in [5.74, 6) is 0. The molecule has 0 N–H and O–H groups in total. The molecule has 0 unspecified atom stereocenters. The topological polar surface area (TPSA) is 52.4 Å². The molecule has 0 aliphatic rings. The number of halogens is 1. The zero-order chi connectivity index (χ0) is 9.84. The van der Waals surface area contributed by atoms with Crippen molar-refractivity contribution < 1.29 is 9.66 Å². The first-order chi connectivity index (χ1) is 6.15. The minimum atomic E-state index is -0.416. The fraction of sp³-hybridized carbons (Fsp3) is 0.250. The van der Waals surface area contributed by atoms with E-state index in [0.29, 0.717) is 5.56 Å². The van der Waals surface area contributed by atoms with Crippen molar-refractivity contribution in [3.05, 3.63) is 38.3 Å². The lowest BCUT2D eigenvalue weighted by molar-refractivity contribution is -0.385. The number of benzene rings is 1. The molecular formula is C8H8BrNO3. The summed E-state index contributed by atoms with van der Waals surface area (Å²) in [5.41, 5.74) is 0.659. The normalized spacial score (nSPS) is 10.0. The molecular weight excluding hydrogens is 238 g/mol. The van der Waals surface area contributed by atoms with Crippen LogP contribution in [-0.2, 0) is 11.3 Å². The van der Waals surface area contributed by atoms with Gasteiger partial charge in [-0.15, -0.1) is 0 Å². The molecule has 0 atom stereocenters. The number of rotatable bonds is 3. The third kappa shape index (κ3) is 2.50. The molecule has 0 heterocycles. The Kier molecular flexibility index (Phi) is 3.39. The van der Waals surface area contributed by atoms with Crippen LogP contribution in [0.25, 0.3) is 0 Å². The van der Waals surface area contributed by atoms with Crippen LogP contribution in [0, 0.1) is 10.1 Å². The van der Waals surface area contributed by atoms with Gasteiger partial charge in [0, 0.05) is 17.6 Å². The van der Waals surface area contributed by atoms with Crippen molar-refractivity contribution >= 4 is 21.6 Å². The summed E-state index contributed by atoms with van der Waals surface area (Å²) >= 11 is 3.24. The zero-order valence-electron chi connectivity index (χ0n) is 6.99. The average molecular weight is 246 g/mol. The molecule has 0 aromatic heterocycles. The van der Waals surface area contributed by atoms with Gasteiger partial charge in [0.1, 0.15) is 0 Å². The zero-order valence-corrected chi connectivity index (χ0v) is 8.58. The summed E-state index contributed by atoms with van der Waals surface area (Å²) < 4.78 is 5.66. The molecule has 1 aromatic carbocycles. The minimum Gasteiger partial charge on any atom is -0.380 e. The molecule has 0 spiro atoms. The predicted octanol–water partition coefficient (Wildman–Crippen LogP) is 2.50. The predicted molar refractivity (Wildman–Crippen MR) is 51.5 cm³/mol. The van der Waals surface area contributed by atoms with Crippen LogP contribution in [0.5, 0.6) is 0 Å². The second-order valence-corrected chi connectivity index (χ2v) is 3.38. The molecule has 70 valence electrons. The van der Waals surface area contributed by atoms with E-state index >= 15 is 0 Å². The molecule has 5 heteroatoms. The molecule has 1 aromatic rings. The Morgan fingerprint density at radius 3 is 2.85 bits per heavy atom. The third-order valence-electron chi connectivity index (χ3n) is 1.54. The molecule has 0 saturated carbocycles. The monoisotopic (exact) mass is 245 g/mol. The number of ether oxygens (including phenoxy) is 1. The summed E-state index contributed by atoms with van der Waals surface area (Å²) in [7, 11) is 1.50. The first-order valence-corrected chi connectivity index (χ1v) is 4.36. The molecule has 0 aliphatic carbocycles. The fourth-order valence-corrected chi connectivity index (χ4v) is 1.41. The molecule has 0 radical (unpaired) electrons. The van der Waals surface area contributed by atoms with Gasteiger partial charge < -0.3 is 4.74 Å². The lowest BCUT2D eigenvalue weighted by atomic mass is 10.2. The third-order valence-corrected chi connectivity index (χ3v) is 2.03. The van der Waals surface area contributed by atoms with Crippen LogP contribution in [0.2, 0.25) is 0 Å². The smallest absolute Gasteiger partial charge is 0.274 e. The van der Waals surface area contributed by atoms with Gasteiger partial charge in [-0.2, -0.15) is 0 Å². The number of methoxy groups -OCH3 is 1. The standard InChI is InChI=1S/C8H8BrNO3/c1-13-5-6-4-7(9)2-3-8(6)10(11)12/h2-4H,5H2,1H3. The van der Waals surface area contributed by atoms with Gasteiger partial charge in [0.25, 0.3) is 5.69 Å². The van der Waals surface area contributed by atoms with E-state index in [2.05, 4.69) is 15.9 Å². The van der Waals surface area contributed by atoms with E-state index in [1.54, 1.807) is 12.1 Å². The molecule has 0 aliphatic heterocycles. The van der Waals surface area contributed by atoms with Crippen molar-refractivity contribution in [3.8, 4) is 0 Å². The number of hydrogen-bond donors (Lipinski definition) is 0. The van der Waals surface area contributed by atoms with Crippen molar-refractivity contribution in [3.63, 3.8) is 0 Å². The Hall–Kier alpha value is -0.940. The van der Waals surface area contributed by atoms with Crippen LogP contribution < -0.4 is 0 Å². The Balaban J connectivity index is 3.10. The maximum Gasteiger partial charge on any atom is 0.274 e. The first-order valence-electron chi connectivity index (χ1n) is 3.57. The average Bonchev–Trinajstić information content (AvgIpc) is 2.04. The van der Waals surface area contributed by atoms with E-state index < -0.39 is 4.92 Å². The van der Waals surface area contributed by atoms with Crippen LogP contribution in [-0.4, -0.2) is 12.0 Å². The van der Waals surface area contributed by atoms with Gasteiger partial charge in [-0.25, -0.2) is 0 Å². The van der Waals surface area contributed by atoms with Crippen molar-refractivity contribution in [1.29, 1.82) is 0 Å². The summed E-state index contributed by atoms with van der Waals surface area (Å²) in [4.78, 5) is 10.1. The van der Waals surface area contributed by atoms with Gasteiger partial charge >= 0.3 is 0 Å². The largest absolute Gasteiger partial charge is 0.380 e. The SMILES string of the molecule is COCc1cc(Br)ccc1[N+](=O)[O-]. The Bertz CT molecular complexity index is 327. The lowest BCUT2D eigenvalue weighted by Gasteiger charge is -2.01. The maximum absolute atomic E-state index is 10.5. The van der Waals surface area contributed by atoms with Gasteiger partial charge in [0.15, 0.2) is 0 Å². The summed E-state index contributed by atoms with van der Waals surface area (Å²) in [6.45, 7) is 0.246. The highest BCUT2D eigenvalue weighted by atomic mass is 79.9. The Morgan fingerprint density at radius 2 is 2.31 bits per heavy atom. The highest BCUT2D eigenvalue weighted by molar-refractivity contribution is 9.10. The molecule has 4 nitrogen and oxygen atoms in total. The van der Waals surface area contributed by atoms with E-state index in [4.69, 9.17) is 4.74 Å². The first kappa shape index (κ1) is 10.1. The minimum absolute atomic E-state index is 0.0880. The Labute approximate surface area is 83.8 Å². The summed E-state index contributed by atoms with van der Waals surface area (Å²) in [5, 5.41) is 10.5. The van der Waals surface area contributed by atoms with E-state index in [-0.39, 0.29) is 12.3 Å². The molecule has 1 rings (SSSR count). The number of nitro benzene ring substituents is 1. The fourth-order valence-electron chi connectivity index (χ4n) is 1.00. The summed E-state index contributed by atoms with van der Waals surface area (Å²) in [6, 6.07) is 4.78. The molecule has 0 fully saturated rings. The number of nitro groups is 1. The Morgan fingerprint density at radius 1 is 1.62 bits per heavy atom. The highest BCUT2D eigenvalue weighted by Gasteiger charge is 2.12. The quantitative estimate of drug-likeness (QED) is 0.608. The maximum atomic E-state index is 10.5. The van der Waals surface area contributed by atoms with E-state index in [9.17, 15) is 10.1 Å². The van der Waals surface area contributed by atoms with E-state index in [1.165, 1.54) is 13.2 Å². The lowest BCUT2D eigenvalue weighted by Crippen LogP contribution is -1.96. The van der Waals surface area contributed by atoms with Crippen LogP contribution in [0.1, 0.15) is 5.56 Å². The second-order valence-electron chi connectivity index (χ2n) is 2.46. The number of nitrogens with zero attached hydrogens (tertiary/aromatic N) is 1. The number of hydrogen-bond acceptors (Lipinski definition) is 3. The molecule has 0 saturated heterocycles.